The predicted octanol–water partition coefficient (Wildman–Crippen LogP) is 3.86. The molecule has 0 saturated carbocycles. The average Bonchev–Trinajstić information content (AvgIpc) is 2.75. The molecule has 1 amide bonds. The Morgan fingerprint density at radius 3 is 2.62 bits per heavy atom. The van der Waals surface area contributed by atoms with Gasteiger partial charge in [0.15, 0.2) is 5.65 Å². The molecule has 3 aromatic rings. The number of carbonyl (C=O) groups is 1. The number of aryl methyl sites for hydroxylation is 1. The summed E-state index contributed by atoms with van der Waals surface area (Å²) in [6.07, 6.45) is -1.24. The molecule has 1 fully saturated rings. The number of amides is 1. The number of aromatic nitrogens is 3. The number of pyridine rings is 1. The van der Waals surface area contributed by atoms with Gasteiger partial charge in [0, 0.05) is 25.7 Å². The van der Waals surface area contributed by atoms with Crippen LogP contribution in [0.5, 0.6) is 0 Å². The predicted molar refractivity (Wildman–Crippen MR) is 115 cm³/mol. The fraction of sp³-hybridized carbons (Fsp3) is 0.364. The Bertz CT molecular complexity index is 1170. The number of hydrogen-bond acceptors (Lipinski definition) is 6. The molecule has 168 valence electrons. The van der Waals surface area contributed by atoms with Crippen LogP contribution in [-0.2, 0) is 4.79 Å². The van der Waals surface area contributed by atoms with Crippen molar-refractivity contribution in [1.82, 2.24) is 19.9 Å². The van der Waals surface area contributed by atoms with Crippen LogP contribution in [0.15, 0.2) is 30.5 Å². The van der Waals surface area contributed by atoms with Gasteiger partial charge in [-0.25, -0.2) is 28.1 Å². The second-order valence-electron chi connectivity index (χ2n) is 7.84. The minimum absolute atomic E-state index is 0.0119. The third-order valence-electron chi connectivity index (χ3n) is 5.58. The zero-order chi connectivity index (χ0) is 23.0. The van der Waals surface area contributed by atoms with Gasteiger partial charge in [-0.2, -0.15) is 0 Å². The lowest BCUT2D eigenvalue weighted by atomic mass is 10.0. The van der Waals surface area contributed by atoms with Crippen LogP contribution in [0.3, 0.4) is 0 Å². The lowest BCUT2D eigenvalue weighted by molar-refractivity contribution is -0.129. The molecule has 10 heteroatoms. The normalized spacial score (nSPS) is 15.5. The van der Waals surface area contributed by atoms with E-state index >= 15 is 0 Å². The maximum atomic E-state index is 14.6. The molecule has 7 nitrogen and oxygen atoms in total. The van der Waals surface area contributed by atoms with Gasteiger partial charge in [-0.05, 0) is 19.9 Å². The molecule has 2 aromatic heterocycles. The van der Waals surface area contributed by atoms with Crippen LogP contribution in [-0.4, -0.2) is 52.4 Å². The molecular formula is C22H23F3N6O. The molecule has 4 rings (SSSR count). The summed E-state index contributed by atoms with van der Waals surface area (Å²) >= 11 is 0. The summed E-state index contributed by atoms with van der Waals surface area (Å²) < 4.78 is 40.9. The Hall–Kier alpha value is -3.43. The van der Waals surface area contributed by atoms with Crippen LogP contribution in [0.2, 0.25) is 0 Å². The van der Waals surface area contributed by atoms with Gasteiger partial charge < -0.3 is 15.1 Å². The van der Waals surface area contributed by atoms with Crippen molar-refractivity contribution >= 4 is 28.4 Å². The van der Waals surface area contributed by atoms with E-state index in [-0.39, 0.29) is 18.0 Å². The fourth-order valence-corrected chi connectivity index (χ4v) is 3.73. The molecule has 0 spiro atoms. The maximum Gasteiger partial charge on any atom is 0.266 e. The van der Waals surface area contributed by atoms with E-state index in [1.165, 1.54) is 12.1 Å². The van der Waals surface area contributed by atoms with Crippen molar-refractivity contribution < 1.29 is 18.0 Å². The number of piperazine rings is 1. The molecule has 1 N–H and O–H groups in total. The van der Waals surface area contributed by atoms with Gasteiger partial charge in [-0.3, -0.25) is 4.79 Å². The number of alkyl halides is 2. The Kier molecular flexibility index (Phi) is 5.86. The number of hydrogen-bond donors (Lipinski definition) is 1. The molecule has 1 aromatic carbocycles. The van der Waals surface area contributed by atoms with E-state index in [1.807, 2.05) is 11.0 Å². The van der Waals surface area contributed by atoms with E-state index in [0.29, 0.717) is 35.8 Å². The second kappa shape index (κ2) is 8.60. The number of nitrogens with zero attached hydrogens (tertiary/aromatic N) is 5. The molecule has 1 aliphatic heterocycles. The van der Waals surface area contributed by atoms with E-state index in [9.17, 15) is 18.0 Å². The number of anilines is 2. The largest absolute Gasteiger partial charge is 0.363 e. The number of rotatable bonds is 5. The molecule has 0 unspecified atom stereocenters. The zero-order valence-electron chi connectivity index (χ0n) is 17.9. The van der Waals surface area contributed by atoms with E-state index in [1.54, 1.807) is 32.0 Å². The van der Waals surface area contributed by atoms with Crippen LogP contribution in [0.4, 0.5) is 24.7 Å². The van der Waals surface area contributed by atoms with Crippen LogP contribution in [0, 0.1) is 12.7 Å². The van der Waals surface area contributed by atoms with Gasteiger partial charge in [0.05, 0.1) is 35.4 Å². The molecule has 1 atom stereocenters. The van der Waals surface area contributed by atoms with Crippen molar-refractivity contribution in [3.05, 3.63) is 53.2 Å². The highest BCUT2D eigenvalue weighted by Gasteiger charge is 2.23. The Morgan fingerprint density at radius 1 is 1.16 bits per heavy atom. The first kappa shape index (κ1) is 21.8. The first-order chi connectivity index (χ1) is 15.2. The quantitative estimate of drug-likeness (QED) is 0.644. The number of halogens is 3. The zero-order valence-corrected chi connectivity index (χ0v) is 17.9. The number of carbonyl (C=O) groups excluding carboxylic acids is 1. The van der Waals surface area contributed by atoms with E-state index in [2.05, 4.69) is 20.3 Å². The molecule has 0 radical (unpaired) electrons. The van der Waals surface area contributed by atoms with E-state index in [4.69, 9.17) is 0 Å². The summed E-state index contributed by atoms with van der Waals surface area (Å²) in [7, 11) is 1.76. The Morgan fingerprint density at radius 2 is 1.91 bits per heavy atom. The molecule has 1 saturated heterocycles. The third-order valence-corrected chi connectivity index (χ3v) is 5.58. The number of fused-ring (bicyclic) bond motifs is 1. The molecule has 1 aliphatic rings. The Labute approximate surface area is 183 Å². The standard InChI is InChI=1S/C22H23F3N6O/c1-12(15-5-4-6-16(19(15)23)20(24)25)27-22-17-9-14(10-26-21(17)28-13(2)29-22)31-8-7-30(3)18(32)11-31/h4-6,9-10,12,20H,7-8,11H2,1-3H3,(H,26,27,28,29)/t12-/m1/s1. The fourth-order valence-electron chi connectivity index (χ4n) is 3.73. The minimum atomic E-state index is -2.90. The summed E-state index contributed by atoms with van der Waals surface area (Å²) in [5.74, 6) is -0.0501. The molecule has 32 heavy (non-hydrogen) atoms. The van der Waals surface area contributed by atoms with Crippen molar-refractivity contribution in [3.63, 3.8) is 0 Å². The molecule has 0 bridgehead atoms. The highest BCUT2D eigenvalue weighted by molar-refractivity contribution is 5.90. The van der Waals surface area contributed by atoms with Crippen LogP contribution in [0.1, 0.15) is 36.3 Å². The summed E-state index contributed by atoms with van der Waals surface area (Å²) in [6, 6.07) is 5.15. The highest BCUT2D eigenvalue weighted by atomic mass is 19.3. The average molecular weight is 444 g/mol. The smallest absolute Gasteiger partial charge is 0.266 e. The van der Waals surface area contributed by atoms with Crippen LogP contribution >= 0.6 is 0 Å². The summed E-state index contributed by atoms with van der Waals surface area (Å²) in [5.41, 5.74) is 0.663. The number of likely N-dealkylation sites (N-methyl/N-ethyl adjacent to an activating group) is 1. The van der Waals surface area contributed by atoms with Crippen molar-refractivity contribution in [2.24, 2.45) is 0 Å². The maximum absolute atomic E-state index is 14.6. The Balaban J connectivity index is 1.69. The lowest BCUT2D eigenvalue weighted by Crippen LogP contribution is -2.48. The van der Waals surface area contributed by atoms with E-state index in [0.717, 1.165) is 11.8 Å². The highest BCUT2D eigenvalue weighted by Crippen LogP contribution is 2.31. The van der Waals surface area contributed by atoms with Gasteiger partial charge in [0.1, 0.15) is 17.5 Å². The number of nitrogens with one attached hydrogen (secondary N) is 1. The monoisotopic (exact) mass is 444 g/mol. The first-order valence-corrected chi connectivity index (χ1v) is 10.2. The van der Waals surface area contributed by atoms with E-state index < -0.39 is 23.8 Å². The lowest BCUT2D eigenvalue weighted by Gasteiger charge is -2.33. The second-order valence-corrected chi connectivity index (χ2v) is 7.84. The number of benzene rings is 1. The third kappa shape index (κ3) is 4.17. The molecule has 3 heterocycles. The van der Waals surface area contributed by atoms with Crippen molar-refractivity contribution in [2.75, 3.05) is 36.9 Å². The van der Waals surface area contributed by atoms with Gasteiger partial charge >= 0.3 is 0 Å². The topological polar surface area (TPSA) is 74.2 Å². The summed E-state index contributed by atoms with van der Waals surface area (Å²) in [5, 5.41) is 3.72. The molecule has 0 aliphatic carbocycles. The van der Waals surface area contributed by atoms with Crippen molar-refractivity contribution in [2.45, 2.75) is 26.3 Å². The van der Waals surface area contributed by atoms with Crippen LogP contribution in [0.25, 0.3) is 11.0 Å². The van der Waals surface area contributed by atoms with Gasteiger partial charge in [-0.15, -0.1) is 0 Å². The van der Waals surface area contributed by atoms with Gasteiger partial charge in [0.25, 0.3) is 6.43 Å². The SMILES string of the molecule is Cc1nc(N[C@H](C)c2cccc(C(F)F)c2F)c2cc(N3CCN(C)C(=O)C3)cnc2n1. The summed E-state index contributed by atoms with van der Waals surface area (Å²) in [6.45, 7) is 4.88. The van der Waals surface area contributed by atoms with Gasteiger partial charge in [0.2, 0.25) is 5.91 Å². The van der Waals surface area contributed by atoms with Crippen molar-refractivity contribution in [1.29, 1.82) is 0 Å². The summed E-state index contributed by atoms with van der Waals surface area (Å²) in [4.78, 5) is 28.9. The first-order valence-electron chi connectivity index (χ1n) is 10.2. The molecular weight excluding hydrogens is 421 g/mol. The van der Waals surface area contributed by atoms with Crippen LogP contribution < -0.4 is 10.2 Å². The minimum Gasteiger partial charge on any atom is -0.363 e. The van der Waals surface area contributed by atoms with Gasteiger partial charge in [-0.1, -0.05) is 18.2 Å². The van der Waals surface area contributed by atoms with Crippen molar-refractivity contribution in [3.8, 4) is 0 Å².